The molecule has 0 spiro atoms. The van der Waals surface area contributed by atoms with Crippen LogP contribution in [0.2, 0.25) is 0 Å². The summed E-state index contributed by atoms with van der Waals surface area (Å²) in [6, 6.07) is 0. The minimum atomic E-state index is -5.39. The van der Waals surface area contributed by atoms with E-state index < -0.39 is 7.82 Å². The van der Waals surface area contributed by atoms with E-state index in [1.165, 1.54) is 0 Å². The molecule has 0 unspecified atom stereocenters. The van der Waals surface area contributed by atoms with Crippen LogP contribution in [-0.4, -0.2) is 17.4 Å². The molecular formula is AlLiO4PTi+2. The third kappa shape index (κ3) is 101. The summed E-state index contributed by atoms with van der Waals surface area (Å²) in [6.45, 7) is 0. The predicted octanol–water partition coefficient (Wildman–Crippen LogP) is -6.20. The van der Waals surface area contributed by atoms with Crippen molar-refractivity contribution in [2.45, 2.75) is 0 Å². The predicted molar refractivity (Wildman–Crippen MR) is 13.4 cm³/mol. The van der Waals surface area contributed by atoms with E-state index in [4.69, 9.17) is 19.2 Å². The van der Waals surface area contributed by atoms with Gasteiger partial charge in [0.1, 0.15) is 0 Å². The number of hydrogen-bond acceptors (Lipinski definition) is 4. The molecule has 8 heteroatoms. The molecule has 0 fully saturated rings. The molecule has 0 amide bonds. The Kier molecular flexibility index (Phi) is 25.2. The molecule has 0 aromatic rings. The van der Waals surface area contributed by atoms with E-state index in [9.17, 15) is 0 Å². The maximum Gasteiger partial charge on any atom is 4.00 e. The van der Waals surface area contributed by atoms with Gasteiger partial charge >= 0.3 is 40.6 Å². The second-order valence-electron chi connectivity index (χ2n) is 0.447. The molecule has 8 heavy (non-hydrogen) atoms. The minimum Gasteiger partial charge on any atom is -0.822 e. The van der Waals surface area contributed by atoms with Crippen molar-refractivity contribution in [2.75, 3.05) is 0 Å². The van der Waals surface area contributed by atoms with Crippen molar-refractivity contribution in [2.24, 2.45) is 0 Å². The molecular weight excluding hydrogens is 177 g/mol. The summed E-state index contributed by atoms with van der Waals surface area (Å²) in [5, 5.41) is 0. The van der Waals surface area contributed by atoms with Gasteiger partial charge in [-0.1, -0.05) is 0 Å². The van der Waals surface area contributed by atoms with Crippen molar-refractivity contribution in [1.82, 2.24) is 0 Å². The standard InChI is InChI=1S/Al.Li.H3O4P.Ti/c;;1-5(2,3)4;/h;;(H3,1,2,3,4);/q;+1;;+4/p-3. The Hall–Kier alpha value is 1.95. The van der Waals surface area contributed by atoms with Gasteiger partial charge in [-0.2, -0.15) is 7.82 Å². The summed E-state index contributed by atoms with van der Waals surface area (Å²) >= 11 is 0. The number of hydrogen-bond donors (Lipinski definition) is 0. The Bertz CT molecular complexity index is 62.2. The van der Waals surface area contributed by atoms with Crippen molar-refractivity contribution in [3.05, 3.63) is 0 Å². The Labute approximate surface area is 84.5 Å². The van der Waals surface area contributed by atoms with Crippen molar-refractivity contribution in [3.8, 4) is 0 Å². The Morgan fingerprint density at radius 1 is 1.12 bits per heavy atom. The van der Waals surface area contributed by atoms with Gasteiger partial charge in [-0.3, -0.25) is 0 Å². The summed E-state index contributed by atoms with van der Waals surface area (Å²) in [7, 11) is -5.39. The molecule has 0 heterocycles. The van der Waals surface area contributed by atoms with Gasteiger partial charge in [-0.15, -0.1) is 0 Å². The van der Waals surface area contributed by atoms with E-state index in [-0.39, 0.29) is 57.9 Å². The average Bonchev–Trinajstić information content (AvgIpc) is 0.722. The molecule has 0 atom stereocenters. The average molecular weight is 177 g/mol. The Morgan fingerprint density at radius 3 is 1.12 bits per heavy atom. The molecule has 4 nitrogen and oxygen atoms in total. The molecule has 3 radical (unpaired) electrons. The van der Waals surface area contributed by atoms with Crippen LogP contribution < -0.4 is 33.5 Å². The fourth-order valence-corrected chi connectivity index (χ4v) is 0. The monoisotopic (exact) mass is 177 g/mol. The van der Waals surface area contributed by atoms with Crippen LogP contribution in [0.3, 0.4) is 0 Å². The van der Waals surface area contributed by atoms with Crippen molar-refractivity contribution < 1.29 is 59.8 Å². The van der Waals surface area contributed by atoms with Crippen LogP contribution in [0.5, 0.6) is 0 Å². The van der Waals surface area contributed by atoms with E-state index in [0.29, 0.717) is 0 Å². The third-order valence-corrected chi connectivity index (χ3v) is 0. The summed E-state index contributed by atoms with van der Waals surface area (Å²) in [6.07, 6.45) is 0. The van der Waals surface area contributed by atoms with Gasteiger partial charge in [0.2, 0.25) is 0 Å². The molecule has 0 bridgehead atoms. The quantitative estimate of drug-likeness (QED) is 0.272. The molecule has 35 valence electrons. The topological polar surface area (TPSA) is 86.2 Å². The zero-order valence-electron chi connectivity index (χ0n) is 4.16. The fraction of sp³-hybridized carbons (Fsp3) is 0. The first kappa shape index (κ1) is 22.5. The van der Waals surface area contributed by atoms with Gasteiger partial charge in [0.05, 0.1) is 0 Å². The van der Waals surface area contributed by atoms with Gasteiger partial charge in [0, 0.05) is 17.4 Å². The first-order valence-electron chi connectivity index (χ1n) is 0.730. The molecule has 0 aromatic heterocycles. The zero-order valence-corrected chi connectivity index (χ0v) is 7.77. The van der Waals surface area contributed by atoms with E-state index in [1.807, 2.05) is 0 Å². The van der Waals surface area contributed by atoms with Gasteiger partial charge in [0.15, 0.2) is 0 Å². The van der Waals surface area contributed by atoms with Crippen molar-refractivity contribution >= 4 is 25.2 Å². The molecule has 0 aliphatic carbocycles. The van der Waals surface area contributed by atoms with E-state index in [1.54, 1.807) is 0 Å². The van der Waals surface area contributed by atoms with Crippen LogP contribution in [0.15, 0.2) is 0 Å². The van der Waals surface area contributed by atoms with Crippen LogP contribution >= 0.6 is 7.82 Å². The first-order valence-corrected chi connectivity index (χ1v) is 2.19. The number of rotatable bonds is 0. The normalized spacial score (nSPS) is 7.38. The molecule has 0 aliphatic rings. The van der Waals surface area contributed by atoms with Crippen LogP contribution in [0.1, 0.15) is 0 Å². The van der Waals surface area contributed by atoms with Crippen molar-refractivity contribution in [1.29, 1.82) is 0 Å². The third-order valence-electron chi connectivity index (χ3n) is 0. The smallest absolute Gasteiger partial charge is 0.822 e. The molecule has 0 rings (SSSR count). The van der Waals surface area contributed by atoms with E-state index >= 15 is 0 Å². The van der Waals surface area contributed by atoms with Gasteiger partial charge in [-0.05, 0) is 0 Å². The summed E-state index contributed by atoms with van der Waals surface area (Å²) in [5.41, 5.74) is 0. The molecule has 0 aromatic carbocycles. The Balaban J connectivity index is -0.0000000267. The number of phosphoric acid groups is 1. The van der Waals surface area contributed by atoms with Gasteiger partial charge in [-0.25, -0.2) is 0 Å². The second kappa shape index (κ2) is 8.95. The van der Waals surface area contributed by atoms with E-state index in [2.05, 4.69) is 0 Å². The molecule has 0 N–H and O–H groups in total. The second-order valence-corrected chi connectivity index (χ2v) is 1.34. The summed E-state index contributed by atoms with van der Waals surface area (Å²) in [4.78, 5) is 25.6. The van der Waals surface area contributed by atoms with E-state index in [0.717, 1.165) is 0 Å². The maximum atomic E-state index is 8.55. The fourth-order valence-electron chi connectivity index (χ4n) is 0. The van der Waals surface area contributed by atoms with Crippen LogP contribution in [0, 0.1) is 0 Å². The summed E-state index contributed by atoms with van der Waals surface area (Å²) < 4.78 is 8.55. The van der Waals surface area contributed by atoms with Crippen LogP contribution in [-0.2, 0) is 26.3 Å². The Morgan fingerprint density at radius 2 is 1.12 bits per heavy atom. The van der Waals surface area contributed by atoms with Gasteiger partial charge < -0.3 is 19.2 Å². The zero-order chi connectivity index (χ0) is 4.50. The summed E-state index contributed by atoms with van der Waals surface area (Å²) in [5.74, 6) is 0. The van der Waals surface area contributed by atoms with Crippen LogP contribution in [0.25, 0.3) is 0 Å². The van der Waals surface area contributed by atoms with Gasteiger partial charge in [0.25, 0.3) is 0 Å². The molecule has 0 saturated carbocycles. The molecule has 0 aliphatic heterocycles. The minimum absolute atomic E-state index is 0. The largest absolute Gasteiger partial charge is 4.00 e. The SMILES string of the molecule is O=P([O-])([O-])[O-].[Al].[Li+].[Ti+4]. The van der Waals surface area contributed by atoms with Crippen molar-refractivity contribution in [3.63, 3.8) is 0 Å². The molecule has 0 saturated heterocycles. The first-order chi connectivity index (χ1) is 2.00. The maximum absolute atomic E-state index is 8.55. The van der Waals surface area contributed by atoms with Crippen LogP contribution in [0.4, 0.5) is 0 Å².